The van der Waals surface area contributed by atoms with E-state index in [1.54, 1.807) is 11.3 Å². The van der Waals surface area contributed by atoms with Crippen LogP contribution in [-0.2, 0) is 0 Å². The van der Waals surface area contributed by atoms with Crippen LogP contribution < -0.4 is 0 Å². The normalized spacial score (nSPS) is 11.4. The second kappa shape index (κ2) is 3.93. The summed E-state index contributed by atoms with van der Waals surface area (Å²) in [6.07, 6.45) is 0. The van der Waals surface area contributed by atoms with Crippen LogP contribution in [0.4, 0.5) is 0 Å². The van der Waals surface area contributed by atoms with Crippen molar-refractivity contribution in [1.29, 1.82) is 0 Å². The molecule has 0 atom stereocenters. The summed E-state index contributed by atoms with van der Waals surface area (Å²) in [5.74, 6) is 0.710. The summed E-state index contributed by atoms with van der Waals surface area (Å²) in [4.78, 5) is 4.40. The van der Waals surface area contributed by atoms with E-state index in [0.717, 1.165) is 11.1 Å². The van der Waals surface area contributed by atoms with Gasteiger partial charge in [-0.05, 0) is 29.1 Å². The van der Waals surface area contributed by atoms with Gasteiger partial charge < -0.3 is 4.42 Å². The Morgan fingerprint density at radius 3 is 2.95 bits per heavy atom. The molecular weight excluding hydrogens is 254 g/mol. The van der Waals surface area contributed by atoms with Gasteiger partial charge in [0.1, 0.15) is 5.52 Å². The summed E-state index contributed by atoms with van der Waals surface area (Å²) >= 11 is 1.78. The van der Waals surface area contributed by atoms with Crippen LogP contribution in [0.15, 0.2) is 52.3 Å². The second-order valence-corrected chi connectivity index (χ2v) is 5.47. The van der Waals surface area contributed by atoms with Gasteiger partial charge in [0, 0.05) is 22.6 Å². The number of fused-ring (bicyclic) bond motifs is 2. The molecule has 0 aliphatic carbocycles. The predicted octanol–water partition coefficient (Wildman–Crippen LogP) is 5.02. The molecule has 2 aromatic carbocycles. The number of benzene rings is 2. The fourth-order valence-corrected chi connectivity index (χ4v) is 3.38. The van der Waals surface area contributed by atoms with Crippen molar-refractivity contribution in [2.24, 2.45) is 0 Å². The van der Waals surface area contributed by atoms with Gasteiger partial charge in [-0.3, -0.25) is 0 Å². The number of hydrogen-bond acceptors (Lipinski definition) is 3. The Morgan fingerprint density at radius 2 is 2.00 bits per heavy atom. The topological polar surface area (TPSA) is 26.0 Å². The maximum Gasteiger partial charge on any atom is 0.192 e. The van der Waals surface area contributed by atoms with E-state index in [2.05, 4.69) is 46.8 Å². The highest BCUT2D eigenvalue weighted by Crippen LogP contribution is 2.34. The molecule has 92 valence electrons. The van der Waals surface area contributed by atoms with Gasteiger partial charge in [-0.15, -0.1) is 11.3 Å². The minimum atomic E-state index is 0.710. The molecule has 4 aromatic rings. The summed E-state index contributed by atoms with van der Waals surface area (Å²) in [7, 11) is 0. The number of rotatable bonds is 1. The Hall–Kier alpha value is -2.13. The third-order valence-electron chi connectivity index (χ3n) is 3.29. The summed E-state index contributed by atoms with van der Waals surface area (Å²) in [6.45, 7) is 1.87. The van der Waals surface area contributed by atoms with Crippen LogP contribution >= 0.6 is 11.3 Å². The van der Waals surface area contributed by atoms with Crippen molar-refractivity contribution in [2.75, 3.05) is 0 Å². The van der Waals surface area contributed by atoms with Gasteiger partial charge >= 0.3 is 0 Å². The van der Waals surface area contributed by atoms with Gasteiger partial charge in [-0.2, -0.15) is 0 Å². The summed E-state index contributed by atoms with van der Waals surface area (Å²) < 4.78 is 6.83. The van der Waals surface area contributed by atoms with E-state index in [1.165, 1.54) is 21.2 Å². The number of thiophene rings is 1. The lowest BCUT2D eigenvalue weighted by Crippen LogP contribution is -1.76. The third kappa shape index (κ3) is 1.66. The van der Waals surface area contributed by atoms with Crippen molar-refractivity contribution in [3.8, 4) is 11.1 Å². The zero-order valence-corrected chi connectivity index (χ0v) is 11.2. The molecule has 0 radical (unpaired) electrons. The monoisotopic (exact) mass is 265 g/mol. The molecule has 2 aromatic heterocycles. The molecule has 0 aliphatic heterocycles. The van der Waals surface area contributed by atoms with E-state index in [4.69, 9.17) is 4.42 Å². The summed E-state index contributed by atoms with van der Waals surface area (Å²) in [6, 6.07) is 14.7. The van der Waals surface area contributed by atoms with E-state index in [0.29, 0.717) is 5.89 Å². The van der Waals surface area contributed by atoms with Crippen LogP contribution in [0.5, 0.6) is 0 Å². The van der Waals surface area contributed by atoms with E-state index >= 15 is 0 Å². The van der Waals surface area contributed by atoms with Crippen LogP contribution in [0.25, 0.3) is 32.3 Å². The molecule has 0 saturated heterocycles. The second-order valence-electron chi connectivity index (χ2n) is 4.56. The number of nitrogens with zero attached hydrogens (tertiary/aromatic N) is 1. The zero-order valence-electron chi connectivity index (χ0n) is 10.4. The number of aromatic nitrogens is 1. The molecule has 0 unspecified atom stereocenters. The predicted molar refractivity (Wildman–Crippen MR) is 79.6 cm³/mol. The van der Waals surface area contributed by atoms with Crippen LogP contribution in [0.2, 0.25) is 0 Å². The summed E-state index contributed by atoms with van der Waals surface area (Å²) in [5.41, 5.74) is 4.23. The average molecular weight is 265 g/mol. The van der Waals surface area contributed by atoms with Gasteiger partial charge in [-0.25, -0.2) is 4.98 Å². The molecule has 0 aliphatic rings. The molecule has 0 fully saturated rings. The third-order valence-corrected chi connectivity index (χ3v) is 4.25. The molecule has 0 amide bonds. The molecule has 2 heterocycles. The highest BCUT2D eigenvalue weighted by molar-refractivity contribution is 7.17. The van der Waals surface area contributed by atoms with Crippen LogP contribution in [0.3, 0.4) is 0 Å². The first kappa shape index (κ1) is 10.8. The molecule has 3 heteroatoms. The molecule has 0 bridgehead atoms. The maximum atomic E-state index is 5.52. The molecule has 0 spiro atoms. The van der Waals surface area contributed by atoms with Gasteiger partial charge in [-0.1, -0.05) is 24.3 Å². The Kier molecular flexibility index (Phi) is 2.23. The largest absolute Gasteiger partial charge is 0.441 e. The van der Waals surface area contributed by atoms with Crippen LogP contribution in [0, 0.1) is 6.92 Å². The molecular formula is C16H11NOS. The molecule has 2 nitrogen and oxygen atoms in total. The Morgan fingerprint density at radius 1 is 1.11 bits per heavy atom. The Balaban J connectivity index is 1.98. The first-order chi connectivity index (χ1) is 9.31. The maximum absolute atomic E-state index is 5.52. The highest BCUT2D eigenvalue weighted by Gasteiger charge is 2.08. The fraction of sp³-hybridized carbons (Fsp3) is 0.0625. The Bertz CT molecular complexity index is 888. The van der Waals surface area contributed by atoms with Crippen LogP contribution in [-0.4, -0.2) is 4.98 Å². The van der Waals surface area contributed by atoms with Gasteiger partial charge in [0.2, 0.25) is 0 Å². The van der Waals surface area contributed by atoms with E-state index in [9.17, 15) is 0 Å². The smallest absolute Gasteiger partial charge is 0.192 e. The summed E-state index contributed by atoms with van der Waals surface area (Å²) in [5, 5.41) is 3.51. The lowest BCUT2D eigenvalue weighted by molar-refractivity contribution is 0.561. The van der Waals surface area contributed by atoms with Gasteiger partial charge in [0.25, 0.3) is 0 Å². The quantitative estimate of drug-likeness (QED) is 0.483. The minimum absolute atomic E-state index is 0.710. The van der Waals surface area contributed by atoms with E-state index in [-0.39, 0.29) is 0 Å². The lowest BCUT2D eigenvalue weighted by Gasteiger charge is -1.99. The van der Waals surface area contributed by atoms with Crippen molar-refractivity contribution in [3.05, 3.63) is 53.7 Å². The van der Waals surface area contributed by atoms with Gasteiger partial charge in [0.15, 0.2) is 11.5 Å². The number of oxazole rings is 1. The number of hydrogen-bond donors (Lipinski definition) is 0. The van der Waals surface area contributed by atoms with Gasteiger partial charge in [0.05, 0.1) is 0 Å². The van der Waals surface area contributed by atoms with E-state index in [1.807, 2.05) is 13.0 Å². The van der Waals surface area contributed by atoms with E-state index < -0.39 is 0 Å². The number of aryl methyl sites for hydroxylation is 1. The standard InChI is InChI=1S/C16H11NOS/c1-10-17-14-8-11(6-7-15(14)18-10)13-9-19-16-5-3-2-4-12(13)16/h2-9H,1H3. The fourth-order valence-electron chi connectivity index (χ4n) is 2.41. The molecule has 4 rings (SSSR count). The SMILES string of the molecule is Cc1nc2cc(-c3csc4ccccc34)ccc2o1. The van der Waals surface area contributed by atoms with Crippen molar-refractivity contribution < 1.29 is 4.42 Å². The zero-order chi connectivity index (χ0) is 12.8. The van der Waals surface area contributed by atoms with Crippen LogP contribution in [0.1, 0.15) is 5.89 Å². The first-order valence-corrected chi connectivity index (χ1v) is 7.03. The molecule has 19 heavy (non-hydrogen) atoms. The molecule has 0 N–H and O–H groups in total. The average Bonchev–Trinajstić information content (AvgIpc) is 2.99. The van der Waals surface area contributed by atoms with Crippen molar-refractivity contribution in [3.63, 3.8) is 0 Å². The van der Waals surface area contributed by atoms with Crippen molar-refractivity contribution in [2.45, 2.75) is 6.92 Å². The van der Waals surface area contributed by atoms with Crippen molar-refractivity contribution >= 4 is 32.5 Å². The molecule has 0 saturated carbocycles. The first-order valence-electron chi connectivity index (χ1n) is 6.15. The highest BCUT2D eigenvalue weighted by atomic mass is 32.1. The van der Waals surface area contributed by atoms with Crippen molar-refractivity contribution in [1.82, 2.24) is 4.98 Å². The lowest BCUT2D eigenvalue weighted by atomic mass is 10.0. The minimum Gasteiger partial charge on any atom is -0.441 e. The Labute approximate surface area is 114 Å².